The molecular formula is C17H39N. The summed E-state index contributed by atoms with van der Waals surface area (Å²) in [4.78, 5) is 2.36. The van der Waals surface area contributed by atoms with Gasteiger partial charge in [-0.1, -0.05) is 60.0 Å². The van der Waals surface area contributed by atoms with Crippen LogP contribution < -0.4 is 0 Å². The minimum Gasteiger partial charge on any atom is -0.306 e. The van der Waals surface area contributed by atoms with Gasteiger partial charge in [0.1, 0.15) is 0 Å². The van der Waals surface area contributed by atoms with Crippen LogP contribution in [0.1, 0.15) is 79.6 Å². The quantitative estimate of drug-likeness (QED) is 0.386. The average Bonchev–Trinajstić information content (AvgIpc) is 2.32. The third-order valence-corrected chi connectivity index (χ3v) is 2.22. The predicted molar refractivity (Wildman–Crippen MR) is 88.4 cm³/mol. The Morgan fingerprint density at radius 2 is 1.28 bits per heavy atom. The highest BCUT2D eigenvalue weighted by molar-refractivity contribution is 4.64. The maximum absolute atomic E-state index is 3.63. The summed E-state index contributed by atoms with van der Waals surface area (Å²) in [6.07, 6.45) is 11.0. The Labute approximate surface area is 118 Å². The lowest BCUT2D eigenvalue weighted by Crippen LogP contribution is -2.19. The largest absolute Gasteiger partial charge is 0.306 e. The van der Waals surface area contributed by atoms with Crippen LogP contribution in [0.15, 0.2) is 12.7 Å². The normalized spacial score (nSPS) is 9.06. The lowest BCUT2D eigenvalue weighted by molar-refractivity contribution is 0.335. The van der Waals surface area contributed by atoms with Gasteiger partial charge in [0.25, 0.3) is 0 Å². The summed E-state index contributed by atoms with van der Waals surface area (Å²) in [6.45, 7) is 17.0. The van der Waals surface area contributed by atoms with Gasteiger partial charge >= 0.3 is 0 Å². The Hall–Kier alpha value is -0.300. The van der Waals surface area contributed by atoms with E-state index in [-0.39, 0.29) is 0 Å². The van der Waals surface area contributed by atoms with E-state index in [2.05, 4.69) is 53.1 Å². The zero-order valence-electron chi connectivity index (χ0n) is 14.1. The Kier molecular flexibility index (Phi) is 32.4. The van der Waals surface area contributed by atoms with Crippen molar-refractivity contribution in [1.29, 1.82) is 0 Å². The molecule has 0 amide bonds. The maximum atomic E-state index is 3.63. The third kappa shape index (κ3) is 36.1. The molecule has 0 saturated heterocycles. The molecule has 0 aromatic carbocycles. The molecular weight excluding hydrogens is 218 g/mol. The van der Waals surface area contributed by atoms with Crippen molar-refractivity contribution in [2.45, 2.75) is 79.6 Å². The van der Waals surface area contributed by atoms with Crippen molar-refractivity contribution in [3.8, 4) is 0 Å². The van der Waals surface area contributed by atoms with Gasteiger partial charge in [-0.2, -0.15) is 0 Å². The van der Waals surface area contributed by atoms with E-state index < -0.39 is 0 Å². The molecule has 0 heterocycles. The first-order valence-corrected chi connectivity index (χ1v) is 7.93. The molecule has 18 heavy (non-hydrogen) atoms. The van der Waals surface area contributed by atoms with Crippen LogP contribution >= 0.6 is 0 Å². The molecule has 0 unspecified atom stereocenters. The predicted octanol–water partition coefficient (Wildman–Crippen LogP) is 5.91. The molecule has 0 aliphatic carbocycles. The van der Waals surface area contributed by atoms with Crippen molar-refractivity contribution < 1.29 is 0 Å². The van der Waals surface area contributed by atoms with Crippen LogP contribution in [-0.4, -0.2) is 25.0 Å². The van der Waals surface area contributed by atoms with Gasteiger partial charge in [-0.15, -0.1) is 6.58 Å². The standard InChI is InChI=1S/C7H17N.C7H14.C3H8/c1-4-6-8(3)7-5-2;1-3-5-7-6-4-2;1-3-2/h4-7H2,1-3H3;3H,1,4-7H2,2H3;3H2,1-2H3. The Morgan fingerprint density at radius 3 is 1.56 bits per heavy atom. The van der Waals surface area contributed by atoms with Gasteiger partial charge in [-0.05, 0) is 45.8 Å². The number of allylic oxidation sites excluding steroid dienone is 1. The summed E-state index contributed by atoms with van der Waals surface area (Å²) >= 11 is 0. The van der Waals surface area contributed by atoms with Crippen LogP contribution in [0.3, 0.4) is 0 Å². The molecule has 1 heteroatoms. The zero-order chi connectivity index (χ0) is 14.6. The zero-order valence-corrected chi connectivity index (χ0v) is 14.1. The minimum absolute atomic E-state index is 1.19. The molecule has 0 radical (unpaired) electrons. The monoisotopic (exact) mass is 257 g/mol. The Morgan fingerprint density at radius 1 is 0.833 bits per heavy atom. The first kappa shape index (κ1) is 22.8. The van der Waals surface area contributed by atoms with E-state index in [1.165, 1.54) is 58.0 Å². The van der Waals surface area contributed by atoms with Crippen molar-refractivity contribution in [1.82, 2.24) is 4.90 Å². The number of hydrogen-bond acceptors (Lipinski definition) is 1. The fourth-order valence-electron chi connectivity index (χ4n) is 1.41. The molecule has 0 spiro atoms. The average molecular weight is 258 g/mol. The molecule has 0 saturated carbocycles. The number of nitrogens with zero attached hydrogens (tertiary/aromatic N) is 1. The van der Waals surface area contributed by atoms with Crippen LogP contribution in [0, 0.1) is 0 Å². The molecule has 0 aromatic heterocycles. The molecule has 0 atom stereocenters. The first-order valence-electron chi connectivity index (χ1n) is 7.93. The number of hydrogen-bond donors (Lipinski definition) is 0. The summed E-state index contributed by atoms with van der Waals surface area (Å²) in [5, 5.41) is 0. The molecule has 0 rings (SSSR count). The van der Waals surface area contributed by atoms with Gasteiger partial charge in [-0.25, -0.2) is 0 Å². The van der Waals surface area contributed by atoms with Crippen molar-refractivity contribution in [3.63, 3.8) is 0 Å². The highest BCUT2D eigenvalue weighted by Gasteiger charge is 1.90. The van der Waals surface area contributed by atoms with Crippen molar-refractivity contribution >= 4 is 0 Å². The summed E-state index contributed by atoms with van der Waals surface area (Å²) in [5.74, 6) is 0. The van der Waals surface area contributed by atoms with E-state index in [1.54, 1.807) is 0 Å². The van der Waals surface area contributed by atoms with E-state index in [0.29, 0.717) is 0 Å². The SMILES string of the molecule is C=CCCCCC.CCC.CCCN(C)CCC. The van der Waals surface area contributed by atoms with Crippen molar-refractivity contribution in [2.75, 3.05) is 20.1 Å². The molecule has 0 aliphatic rings. The number of rotatable bonds is 8. The van der Waals surface area contributed by atoms with E-state index in [4.69, 9.17) is 0 Å². The fraction of sp³-hybridized carbons (Fsp3) is 0.882. The van der Waals surface area contributed by atoms with E-state index >= 15 is 0 Å². The van der Waals surface area contributed by atoms with E-state index in [1.807, 2.05) is 6.08 Å². The lowest BCUT2D eigenvalue weighted by Gasteiger charge is -2.12. The summed E-state index contributed by atoms with van der Waals surface area (Å²) in [6, 6.07) is 0. The highest BCUT2D eigenvalue weighted by atomic mass is 15.1. The minimum atomic E-state index is 1.19. The Balaban J connectivity index is -0.000000207. The molecule has 0 bridgehead atoms. The second kappa shape index (κ2) is 25.5. The van der Waals surface area contributed by atoms with Gasteiger partial charge in [0.2, 0.25) is 0 Å². The third-order valence-electron chi connectivity index (χ3n) is 2.22. The van der Waals surface area contributed by atoms with Crippen LogP contribution in [0.25, 0.3) is 0 Å². The maximum Gasteiger partial charge on any atom is -0.00244 e. The topological polar surface area (TPSA) is 3.24 Å². The lowest BCUT2D eigenvalue weighted by atomic mass is 10.2. The Bertz CT molecular complexity index is 115. The van der Waals surface area contributed by atoms with Crippen LogP contribution in [-0.2, 0) is 0 Å². The van der Waals surface area contributed by atoms with Gasteiger partial charge in [0, 0.05) is 0 Å². The van der Waals surface area contributed by atoms with Crippen molar-refractivity contribution in [3.05, 3.63) is 12.7 Å². The molecule has 0 aliphatic heterocycles. The summed E-state index contributed by atoms with van der Waals surface area (Å²) < 4.78 is 0. The first-order chi connectivity index (χ1) is 8.64. The van der Waals surface area contributed by atoms with Crippen LogP contribution in [0.4, 0.5) is 0 Å². The van der Waals surface area contributed by atoms with Gasteiger partial charge in [0.15, 0.2) is 0 Å². The second-order valence-electron chi connectivity index (χ2n) is 4.79. The summed E-state index contributed by atoms with van der Waals surface area (Å²) in [5.41, 5.74) is 0. The molecule has 1 nitrogen and oxygen atoms in total. The van der Waals surface area contributed by atoms with E-state index in [9.17, 15) is 0 Å². The second-order valence-corrected chi connectivity index (χ2v) is 4.79. The van der Waals surface area contributed by atoms with Crippen LogP contribution in [0.5, 0.6) is 0 Å². The molecule has 0 aromatic rings. The molecule has 0 fully saturated rings. The highest BCUT2D eigenvalue weighted by Crippen LogP contribution is 1.97. The smallest absolute Gasteiger partial charge is 0.00244 e. The van der Waals surface area contributed by atoms with Crippen molar-refractivity contribution in [2.24, 2.45) is 0 Å². The van der Waals surface area contributed by atoms with Gasteiger partial charge < -0.3 is 4.90 Å². The van der Waals surface area contributed by atoms with Gasteiger partial charge in [0.05, 0.1) is 0 Å². The number of unbranched alkanes of at least 4 members (excludes halogenated alkanes) is 3. The molecule has 112 valence electrons. The van der Waals surface area contributed by atoms with E-state index in [0.717, 1.165) is 0 Å². The van der Waals surface area contributed by atoms with Crippen LogP contribution in [0.2, 0.25) is 0 Å². The molecule has 0 N–H and O–H groups in total. The fourth-order valence-corrected chi connectivity index (χ4v) is 1.41. The summed E-state index contributed by atoms with van der Waals surface area (Å²) in [7, 11) is 2.17. The van der Waals surface area contributed by atoms with Gasteiger partial charge in [-0.3, -0.25) is 0 Å².